The van der Waals surface area contributed by atoms with Crippen LogP contribution in [0.2, 0.25) is 5.02 Å². The molecule has 0 N–H and O–H groups in total. The van der Waals surface area contributed by atoms with Crippen molar-refractivity contribution in [2.24, 2.45) is 0 Å². The molecule has 2 aromatic rings. The largest absolute Gasteiger partial charge is 0.427 e. The van der Waals surface area contributed by atoms with E-state index in [1.165, 1.54) is 13.0 Å². The number of esters is 1. The number of nitrogens with zero attached hydrogens (tertiary/aromatic N) is 2. The number of hydrogen-bond acceptors (Lipinski definition) is 4. The van der Waals surface area contributed by atoms with Gasteiger partial charge < -0.3 is 14.5 Å². The molecule has 6 nitrogen and oxygen atoms in total. The molecule has 3 rings (SSSR count). The second-order valence-corrected chi connectivity index (χ2v) is 7.42. The van der Waals surface area contributed by atoms with Gasteiger partial charge in [0.25, 0.3) is 5.91 Å². The lowest BCUT2D eigenvalue weighted by atomic mass is 10.2. The monoisotopic (exact) mass is 426 g/mol. The Balaban J connectivity index is 1.61. The van der Waals surface area contributed by atoms with Crippen molar-refractivity contribution in [1.29, 1.82) is 0 Å². The van der Waals surface area contributed by atoms with Gasteiger partial charge in [0.1, 0.15) is 5.75 Å². The second kappa shape index (κ2) is 10.1. The van der Waals surface area contributed by atoms with Crippen LogP contribution in [0, 0.1) is 0 Å². The zero-order valence-electron chi connectivity index (χ0n) is 16.7. The van der Waals surface area contributed by atoms with Crippen LogP contribution >= 0.6 is 11.6 Å². The molecule has 0 spiro atoms. The first-order valence-corrected chi connectivity index (χ1v) is 10.1. The molecule has 0 bridgehead atoms. The molecule has 30 heavy (non-hydrogen) atoms. The molecule has 0 aromatic heterocycles. The lowest BCUT2D eigenvalue weighted by molar-refractivity contribution is -0.132. The van der Waals surface area contributed by atoms with E-state index in [2.05, 4.69) is 0 Å². The highest BCUT2D eigenvalue weighted by molar-refractivity contribution is 6.30. The molecular weight excluding hydrogens is 404 g/mol. The van der Waals surface area contributed by atoms with Crippen LogP contribution in [0.4, 0.5) is 0 Å². The van der Waals surface area contributed by atoms with Gasteiger partial charge in [-0.05, 0) is 48.4 Å². The van der Waals surface area contributed by atoms with E-state index < -0.39 is 5.97 Å². The maximum Gasteiger partial charge on any atom is 0.308 e. The molecule has 0 unspecified atom stereocenters. The predicted molar refractivity (Wildman–Crippen MR) is 115 cm³/mol. The van der Waals surface area contributed by atoms with Gasteiger partial charge in [0, 0.05) is 49.8 Å². The lowest BCUT2D eigenvalue weighted by Crippen LogP contribution is -2.36. The SMILES string of the molecule is CC(=O)Oc1cccc(C(=O)N2CCCN(C(=O)/C=C/c3cccc(Cl)c3)CC2)c1. The number of rotatable bonds is 4. The third kappa shape index (κ3) is 5.94. The summed E-state index contributed by atoms with van der Waals surface area (Å²) in [5.74, 6) is -0.339. The van der Waals surface area contributed by atoms with Crippen molar-refractivity contribution in [2.75, 3.05) is 26.2 Å². The normalized spacial score (nSPS) is 14.5. The van der Waals surface area contributed by atoms with E-state index in [1.54, 1.807) is 52.3 Å². The lowest BCUT2D eigenvalue weighted by Gasteiger charge is -2.21. The van der Waals surface area contributed by atoms with E-state index in [9.17, 15) is 14.4 Å². The topological polar surface area (TPSA) is 66.9 Å². The van der Waals surface area contributed by atoms with Gasteiger partial charge in [0.2, 0.25) is 5.91 Å². The van der Waals surface area contributed by atoms with Crippen LogP contribution in [-0.4, -0.2) is 53.8 Å². The molecule has 0 radical (unpaired) electrons. The molecule has 7 heteroatoms. The van der Waals surface area contributed by atoms with Crippen LogP contribution in [-0.2, 0) is 9.59 Å². The van der Waals surface area contributed by atoms with Gasteiger partial charge in [-0.3, -0.25) is 14.4 Å². The average molecular weight is 427 g/mol. The van der Waals surface area contributed by atoms with Crippen molar-refractivity contribution < 1.29 is 19.1 Å². The smallest absolute Gasteiger partial charge is 0.308 e. The minimum Gasteiger partial charge on any atom is -0.427 e. The summed E-state index contributed by atoms with van der Waals surface area (Å²) in [7, 11) is 0. The summed E-state index contributed by atoms with van der Waals surface area (Å²) in [6.45, 7) is 3.34. The second-order valence-electron chi connectivity index (χ2n) is 6.98. The van der Waals surface area contributed by atoms with Gasteiger partial charge >= 0.3 is 5.97 Å². The van der Waals surface area contributed by atoms with Gasteiger partial charge in [-0.1, -0.05) is 29.8 Å². The molecule has 1 heterocycles. The Morgan fingerprint density at radius 3 is 2.47 bits per heavy atom. The Labute approximate surface area is 180 Å². The minimum atomic E-state index is -0.436. The van der Waals surface area contributed by atoms with E-state index in [4.69, 9.17) is 16.3 Å². The molecule has 1 fully saturated rings. The van der Waals surface area contributed by atoms with E-state index >= 15 is 0 Å². The van der Waals surface area contributed by atoms with Crippen molar-refractivity contribution in [1.82, 2.24) is 9.80 Å². The molecule has 2 aromatic carbocycles. The zero-order valence-corrected chi connectivity index (χ0v) is 17.5. The Morgan fingerprint density at radius 2 is 1.70 bits per heavy atom. The molecule has 1 aliphatic rings. The van der Waals surface area contributed by atoms with Crippen molar-refractivity contribution >= 4 is 35.5 Å². The maximum atomic E-state index is 12.9. The zero-order chi connectivity index (χ0) is 21.5. The van der Waals surface area contributed by atoms with Gasteiger partial charge in [0.15, 0.2) is 0 Å². The summed E-state index contributed by atoms with van der Waals surface area (Å²) in [6, 6.07) is 13.8. The predicted octanol–water partition coefficient (Wildman–Crippen LogP) is 3.65. The molecule has 1 saturated heterocycles. The fraction of sp³-hybridized carbons (Fsp3) is 0.261. The summed E-state index contributed by atoms with van der Waals surface area (Å²) < 4.78 is 5.06. The molecule has 156 valence electrons. The van der Waals surface area contributed by atoms with E-state index in [-0.39, 0.29) is 11.8 Å². The number of carbonyl (C=O) groups is 3. The van der Waals surface area contributed by atoms with Crippen molar-refractivity contribution in [2.45, 2.75) is 13.3 Å². The molecule has 0 saturated carbocycles. The first-order valence-electron chi connectivity index (χ1n) is 9.73. The van der Waals surface area contributed by atoms with E-state index in [1.807, 2.05) is 12.1 Å². The number of amides is 2. The Morgan fingerprint density at radius 1 is 0.967 bits per heavy atom. The van der Waals surface area contributed by atoms with Gasteiger partial charge in [-0.25, -0.2) is 0 Å². The Bertz CT molecular complexity index is 973. The van der Waals surface area contributed by atoms with E-state index in [0.717, 1.165) is 5.56 Å². The van der Waals surface area contributed by atoms with Gasteiger partial charge in [0.05, 0.1) is 0 Å². The van der Waals surface area contributed by atoms with Crippen LogP contribution in [0.3, 0.4) is 0 Å². The van der Waals surface area contributed by atoms with Crippen molar-refractivity contribution in [3.8, 4) is 5.75 Å². The average Bonchev–Trinajstić information content (AvgIpc) is 2.97. The summed E-state index contributed by atoms with van der Waals surface area (Å²) in [6.07, 6.45) is 3.96. The van der Waals surface area contributed by atoms with E-state index in [0.29, 0.717) is 48.9 Å². The summed E-state index contributed by atoms with van der Waals surface area (Å²) in [4.78, 5) is 40.0. The van der Waals surface area contributed by atoms with Gasteiger partial charge in [-0.2, -0.15) is 0 Å². The number of ether oxygens (including phenoxy) is 1. The fourth-order valence-electron chi connectivity index (χ4n) is 3.27. The van der Waals surface area contributed by atoms with Gasteiger partial charge in [-0.15, -0.1) is 0 Å². The van der Waals surface area contributed by atoms with Crippen LogP contribution in [0.5, 0.6) is 5.75 Å². The van der Waals surface area contributed by atoms with Crippen LogP contribution in [0.1, 0.15) is 29.3 Å². The third-order valence-electron chi connectivity index (χ3n) is 4.70. The molecular formula is C23H23ClN2O4. The van der Waals surface area contributed by atoms with Crippen LogP contribution in [0.25, 0.3) is 6.08 Å². The van der Waals surface area contributed by atoms with Crippen LogP contribution in [0.15, 0.2) is 54.6 Å². The highest BCUT2D eigenvalue weighted by Gasteiger charge is 2.22. The standard InChI is InChI=1S/C23H23ClN2O4/c1-17(27)30-21-8-3-6-19(16-21)23(29)26-12-4-11-25(13-14-26)22(28)10-9-18-5-2-7-20(24)15-18/h2-3,5-10,15-16H,4,11-14H2,1H3/b10-9+. The number of benzene rings is 2. The maximum absolute atomic E-state index is 12.9. The summed E-state index contributed by atoms with van der Waals surface area (Å²) >= 11 is 5.97. The number of carbonyl (C=O) groups excluding carboxylic acids is 3. The quantitative estimate of drug-likeness (QED) is 0.425. The Hall–Kier alpha value is -3.12. The first kappa shape index (κ1) is 21.6. The number of halogens is 1. The van der Waals surface area contributed by atoms with Crippen molar-refractivity contribution in [3.63, 3.8) is 0 Å². The molecule has 2 amide bonds. The van der Waals surface area contributed by atoms with Crippen molar-refractivity contribution in [3.05, 3.63) is 70.8 Å². The minimum absolute atomic E-state index is 0.0962. The molecule has 0 aliphatic carbocycles. The fourth-order valence-corrected chi connectivity index (χ4v) is 3.46. The van der Waals surface area contributed by atoms with Crippen LogP contribution < -0.4 is 4.74 Å². The summed E-state index contributed by atoms with van der Waals surface area (Å²) in [5.41, 5.74) is 1.31. The molecule has 0 atom stereocenters. The Kier molecular flexibility index (Phi) is 7.25. The highest BCUT2D eigenvalue weighted by Crippen LogP contribution is 2.17. The number of hydrogen-bond donors (Lipinski definition) is 0. The summed E-state index contributed by atoms with van der Waals surface area (Å²) in [5, 5.41) is 0.617. The highest BCUT2D eigenvalue weighted by atomic mass is 35.5. The molecule has 1 aliphatic heterocycles. The first-order chi connectivity index (χ1) is 14.4. The third-order valence-corrected chi connectivity index (χ3v) is 4.94.